The molecule has 24 heavy (non-hydrogen) atoms. The molecular formula is C17H25N3O4. The van der Waals surface area contributed by atoms with Gasteiger partial charge in [-0.2, -0.15) is 0 Å². The molecule has 1 heterocycles. The molecule has 2 rings (SSSR count). The van der Waals surface area contributed by atoms with Crippen LogP contribution >= 0.6 is 0 Å². The lowest BCUT2D eigenvalue weighted by Gasteiger charge is -2.39. The van der Waals surface area contributed by atoms with Crippen LogP contribution in [0, 0.1) is 17.0 Å². The highest BCUT2D eigenvalue weighted by molar-refractivity contribution is 5.92. The number of nitro groups is 1. The number of amides is 1. The van der Waals surface area contributed by atoms with E-state index < -0.39 is 4.92 Å². The third-order valence-electron chi connectivity index (χ3n) is 4.71. The van der Waals surface area contributed by atoms with Gasteiger partial charge < -0.3 is 10.4 Å². The van der Waals surface area contributed by atoms with Gasteiger partial charge in [0.25, 0.3) is 5.69 Å². The molecule has 2 N–H and O–H groups in total. The molecule has 0 saturated carbocycles. The Morgan fingerprint density at radius 2 is 2.21 bits per heavy atom. The van der Waals surface area contributed by atoms with Crippen molar-refractivity contribution in [2.45, 2.75) is 51.6 Å². The van der Waals surface area contributed by atoms with Crippen LogP contribution in [0.2, 0.25) is 0 Å². The van der Waals surface area contributed by atoms with Crippen molar-refractivity contribution in [2.24, 2.45) is 0 Å². The average molecular weight is 335 g/mol. The molecule has 1 aliphatic heterocycles. The molecule has 0 bridgehead atoms. The monoisotopic (exact) mass is 335 g/mol. The number of hydrogen-bond acceptors (Lipinski definition) is 5. The molecule has 1 aromatic rings. The maximum Gasteiger partial charge on any atom is 0.271 e. The average Bonchev–Trinajstić information content (AvgIpc) is 2.55. The van der Waals surface area contributed by atoms with Crippen LogP contribution in [0.15, 0.2) is 18.2 Å². The fraction of sp³-hybridized carbons (Fsp3) is 0.588. The van der Waals surface area contributed by atoms with Crippen LogP contribution in [0.1, 0.15) is 38.2 Å². The maximum absolute atomic E-state index is 12.2. The summed E-state index contributed by atoms with van der Waals surface area (Å²) < 4.78 is 0. The molecule has 7 heteroatoms. The number of aliphatic hydroxyl groups excluding tert-OH is 1. The molecule has 1 aliphatic rings. The zero-order valence-corrected chi connectivity index (χ0v) is 14.2. The van der Waals surface area contributed by atoms with E-state index in [4.69, 9.17) is 0 Å². The number of non-ortho nitro benzene ring substituents is 1. The molecule has 0 aliphatic carbocycles. The summed E-state index contributed by atoms with van der Waals surface area (Å²) in [4.78, 5) is 24.8. The topological polar surface area (TPSA) is 95.7 Å². The summed E-state index contributed by atoms with van der Waals surface area (Å²) >= 11 is 0. The Morgan fingerprint density at radius 1 is 1.46 bits per heavy atom. The van der Waals surface area contributed by atoms with Gasteiger partial charge in [-0.05, 0) is 32.3 Å². The number of aliphatic hydroxyl groups is 1. The van der Waals surface area contributed by atoms with Crippen LogP contribution in [0.3, 0.4) is 0 Å². The number of nitro benzene ring substituents is 1. The third-order valence-corrected chi connectivity index (χ3v) is 4.71. The van der Waals surface area contributed by atoms with Crippen molar-refractivity contribution in [3.05, 3.63) is 33.9 Å². The van der Waals surface area contributed by atoms with E-state index in [1.165, 1.54) is 12.1 Å². The lowest BCUT2D eigenvalue weighted by Crippen LogP contribution is -2.48. The summed E-state index contributed by atoms with van der Waals surface area (Å²) in [5.41, 5.74) is 1.22. The Bertz CT molecular complexity index is 605. The van der Waals surface area contributed by atoms with Gasteiger partial charge in [-0.25, -0.2) is 0 Å². The Kier molecular flexibility index (Phi) is 6.28. The van der Waals surface area contributed by atoms with Crippen molar-refractivity contribution in [3.8, 4) is 0 Å². The van der Waals surface area contributed by atoms with Crippen LogP contribution in [-0.4, -0.2) is 46.1 Å². The van der Waals surface area contributed by atoms with Crippen LogP contribution < -0.4 is 5.32 Å². The van der Waals surface area contributed by atoms with Crippen molar-refractivity contribution < 1.29 is 14.8 Å². The second-order valence-electron chi connectivity index (χ2n) is 6.41. The summed E-state index contributed by atoms with van der Waals surface area (Å²) in [6, 6.07) is 4.89. The molecular weight excluding hydrogens is 310 g/mol. The smallest absolute Gasteiger partial charge is 0.271 e. The number of likely N-dealkylation sites (tertiary alicyclic amines) is 1. The van der Waals surface area contributed by atoms with Crippen molar-refractivity contribution in [1.29, 1.82) is 0 Å². The molecule has 1 saturated heterocycles. The lowest BCUT2D eigenvalue weighted by atomic mass is 9.96. The molecule has 2 unspecified atom stereocenters. The number of hydrogen-bond donors (Lipinski definition) is 2. The van der Waals surface area contributed by atoms with Gasteiger partial charge in [0.1, 0.15) is 0 Å². The molecule has 7 nitrogen and oxygen atoms in total. The van der Waals surface area contributed by atoms with Crippen LogP contribution in [-0.2, 0) is 4.79 Å². The van der Waals surface area contributed by atoms with E-state index in [2.05, 4.69) is 17.1 Å². The van der Waals surface area contributed by atoms with Gasteiger partial charge in [0, 0.05) is 37.2 Å². The van der Waals surface area contributed by atoms with Gasteiger partial charge in [0.15, 0.2) is 0 Å². The highest BCUT2D eigenvalue weighted by Gasteiger charge is 2.27. The Balaban J connectivity index is 1.96. The maximum atomic E-state index is 12.2. The molecule has 0 aromatic heterocycles. The summed E-state index contributed by atoms with van der Waals surface area (Å²) in [6.45, 7) is 4.60. The minimum Gasteiger partial charge on any atom is -0.395 e. The molecule has 2 atom stereocenters. The Labute approximate surface area is 141 Å². The van der Waals surface area contributed by atoms with E-state index >= 15 is 0 Å². The van der Waals surface area contributed by atoms with Crippen LogP contribution in [0.25, 0.3) is 0 Å². The zero-order chi connectivity index (χ0) is 17.7. The molecule has 1 aromatic carbocycles. The van der Waals surface area contributed by atoms with Crippen molar-refractivity contribution >= 4 is 17.3 Å². The summed E-state index contributed by atoms with van der Waals surface area (Å²) in [5.74, 6) is -0.173. The number of anilines is 1. The highest BCUT2D eigenvalue weighted by Crippen LogP contribution is 2.24. The van der Waals surface area contributed by atoms with Crippen molar-refractivity contribution in [3.63, 3.8) is 0 Å². The number of nitrogens with one attached hydrogen (secondary N) is 1. The zero-order valence-electron chi connectivity index (χ0n) is 14.2. The Morgan fingerprint density at radius 3 is 2.88 bits per heavy atom. The number of piperidine rings is 1. The molecule has 1 fully saturated rings. The third kappa shape index (κ3) is 4.52. The van der Waals surface area contributed by atoms with E-state index in [0.29, 0.717) is 24.7 Å². The van der Waals surface area contributed by atoms with E-state index in [1.54, 1.807) is 13.0 Å². The molecule has 0 radical (unpaired) electrons. The Hall–Kier alpha value is -1.99. The van der Waals surface area contributed by atoms with Crippen LogP contribution in [0.5, 0.6) is 0 Å². The van der Waals surface area contributed by atoms with Crippen molar-refractivity contribution in [2.75, 3.05) is 18.5 Å². The first-order valence-electron chi connectivity index (χ1n) is 8.34. The highest BCUT2D eigenvalue weighted by atomic mass is 16.6. The fourth-order valence-electron chi connectivity index (χ4n) is 3.24. The summed E-state index contributed by atoms with van der Waals surface area (Å²) in [7, 11) is 0. The fourth-order valence-corrected chi connectivity index (χ4v) is 3.24. The number of carbonyl (C=O) groups excluding carboxylic acids is 1. The largest absolute Gasteiger partial charge is 0.395 e. The normalized spacial score (nSPS) is 21.5. The predicted molar refractivity (Wildman–Crippen MR) is 92.0 cm³/mol. The van der Waals surface area contributed by atoms with Crippen molar-refractivity contribution in [1.82, 2.24) is 4.90 Å². The first-order chi connectivity index (χ1) is 11.4. The number of nitrogens with zero attached hydrogens (tertiary/aromatic N) is 2. The van der Waals surface area contributed by atoms with Gasteiger partial charge in [0.05, 0.1) is 17.2 Å². The minimum atomic E-state index is -0.476. The second-order valence-corrected chi connectivity index (χ2v) is 6.41. The molecule has 0 spiro atoms. The number of aryl methyl sites for hydroxylation is 1. The summed E-state index contributed by atoms with van der Waals surface area (Å²) in [6.07, 6.45) is 3.42. The minimum absolute atomic E-state index is 0.0408. The quantitative estimate of drug-likeness (QED) is 0.615. The molecule has 132 valence electrons. The second kappa shape index (κ2) is 8.21. The van der Waals surface area contributed by atoms with Gasteiger partial charge >= 0.3 is 0 Å². The SMILES string of the molecule is Cc1ccc([N+](=O)[O-])cc1NC(=O)CCN1C(C)CCCC1CO. The van der Waals surface area contributed by atoms with E-state index in [0.717, 1.165) is 24.8 Å². The first kappa shape index (κ1) is 18.4. The van der Waals surface area contributed by atoms with Gasteiger partial charge in [-0.3, -0.25) is 19.8 Å². The summed E-state index contributed by atoms with van der Waals surface area (Å²) in [5, 5.41) is 23.1. The standard InChI is InChI=1S/C17H25N3O4/c1-12-6-7-14(20(23)24)10-16(12)18-17(22)8-9-19-13(2)4-3-5-15(19)11-21/h6-7,10,13,15,21H,3-5,8-9,11H2,1-2H3,(H,18,22). The van der Waals surface area contributed by atoms with Gasteiger partial charge in [-0.1, -0.05) is 12.5 Å². The van der Waals surface area contributed by atoms with Gasteiger partial charge in [-0.15, -0.1) is 0 Å². The lowest BCUT2D eigenvalue weighted by molar-refractivity contribution is -0.384. The van der Waals surface area contributed by atoms with Crippen LogP contribution in [0.4, 0.5) is 11.4 Å². The first-order valence-corrected chi connectivity index (χ1v) is 8.34. The van der Waals surface area contributed by atoms with E-state index in [1.807, 2.05) is 0 Å². The van der Waals surface area contributed by atoms with E-state index in [9.17, 15) is 20.0 Å². The van der Waals surface area contributed by atoms with Gasteiger partial charge in [0.2, 0.25) is 5.91 Å². The number of benzene rings is 1. The molecule has 1 amide bonds. The number of rotatable bonds is 6. The number of carbonyl (C=O) groups is 1. The van der Waals surface area contributed by atoms with E-state index in [-0.39, 0.29) is 24.2 Å². The predicted octanol–water partition coefficient (Wildman–Crippen LogP) is 2.47.